The van der Waals surface area contributed by atoms with E-state index in [1.165, 1.54) is 0 Å². The van der Waals surface area contributed by atoms with Crippen molar-refractivity contribution in [2.24, 2.45) is 0 Å². The first-order valence-corrected chi connectivity index (χ1v) is 8.63. The normalized spacial score (nSPS) is 26.9. The fourth-order valence-corrected chi connectivity index (χ4v) is 3.57. The van der Waals surface area contributed by atoms with Crippen LogP contribution in [0.25, 0.3) is 0 Å². The third-order valence-corrected chi connectivity index (χ3v) is 4.88. The van der Waals surface area contributed by atoms with E-state index < -0.39 is 11.6 Å². The molecule has 134 valence electrons. The maximum Gasteiger partial charge on any atom is 0.325 e. The Morgan fingerprint density at radius 1 is 1.46 bits per heavy atom. The molecule has 0 aromatic carbocycles. The van der Waals surface area contributed by atoms with Crippen LogP contribution >= 0.6 is 0 Å². The molecule has 24 heavy (non-hydrogen) atoms. The number of amides is 4. The summed E-state index contributed by atoms with van der Waals surface area (Å²) in [5.74, 6) is -0.625. The second-order valence-corrected chi connectivity index (χ2v) is 6.90. The molecule has 2 aliphatic heterocycles. The first-order valence-electron chi connectivity index (χ1n) is 8.63. The zero-order chi connectivity index (χ0) is 17.2. The van der Waals surface area contributed by atoms with Gasteiger partial charge in [0.05, 0.1) is 19.3 Å². The number of ether oxygens (including phenoxy) is 2. The molecule has 4 amide bonds. The van der Waals surface area contributed by atoms with Crippen molar-refractivity contribution in [2.45, 2.75) is 56.7 Å². The number of nitrogens with one attached hydrogen (secondary N) is 2. The molecule has 3 fully saturated rings. The number of imide groups is 1. The maximum absolute atomic E-state index is 12.5. The molecule has 1 spiro atoms. The van der Waals surface area contributed by atoms with Crippen molar-refractivity contribution in [1.29, 1.82) is 0 Å². The largest absolute Gasteiger partial charge is 0.379 e. The van der Waals surface area contributed by atoms with Gasteiger partial charge < -0.3 is 20.1 Å². The minimum atomic E-state index is -0.769. The molecular weight excluding hydrogens is 314 g/mol. The Kier molecular flexibility index (Phi) is 5.05. The van der Waals surface area contributed by atoms with Crippen molar-refractivity contribution in [3.8, 4) is 0 Å². The van der Waals surface area contributed by atoms with Crippen molar-refractivity contribution < 1.29 is 23.9 Å². The zero-order valence-corrected chi connectivity index (χ0v) is 14.0. The average molecular weight is 339 g/mol. The lowest BCUT2D eigenvalue weighted by atomic mass is 9.98. The van der Waals surface area contributed by atoms with E-state index in [9.17, 15) is 14.4 Å². The van der Waals surface area contributed by atoms with Gasteiger partial charge in [-0.15, -0.1) is 0 Å². The zero-order valence-electron chi connectivity index (χ0n) is 14.0. The van der Waals surface area contributed by atoms with Crippen molar-refractivity contribution in [2.75, 3.05) is 26.4 Å². The second kappa shape index (κ2) is 7.06. The third kappa shape index (κ3) is 3.54. The van der Waals surface area contributed by atoms with Gasteiger partial charge in [-0.2, -0.15) is 0 Å². The van der Waals surface area contributed by atoms with E-state index in [-0.39, 0.29) is 30.5 Å². The van der Waals surface area contributed by atoms with E-state index in [4.69, 9.17) is 9.47 Å². The smallest absolute Gasteiger partial charge is 0.325 e. The Bertz CT molecular complexity index is 512. The Morgan fingerprint density at radius 2 is 2.21 bits per heavy atom. The molecule has 3 aliphatic rings. The van der Waals surface area contributed by atoms with Crippen LogP contribution in [0.5, 0.6) is 0 Å². The van der Waals surface area contributed by atoms with Crippen LogP contribution in [0.3, 0.4) is 0 Å². The first kappa shape index (κ1) is 17.2. The Labute approximate surface area is 141 Å². The Balaban J connectivity index is 1.45. The monoisotopic (exact) mass is 339 g/mol. The van der Waals surface area contributed by atoms with Gasteiger partial charge in [0, 0.05) is 12.6 Å². The minimum absolute atomic E-state index is 0.0810. The van der Waals surface area contributed by atoms with E-state index in [1.807, 2.05) is 6.92 Å². The van der Waals surface area contributed by atoms with Gasteiger partial charge in [0.2, 0.25) is 5.91 Å². The van der Waals surface area contributed by atoms with Crippen LogP contribution in [0.1, 0.15) is 39.0 Å². The number of urea groups is 1. The Hall–Kier alpha value is -1.67. The fourth-order valence-electron chi connectivity index (χ4n) is 3.57. The molecule has 0 aromatic heterocycles. The van der Waals surface area contributed by atoms with Gasteiger partial charge in [-0.1, -0.05) is 12.8 Å². The van der Waals surface area contributed by atoms with Crippen LogP contribution in [0.15, 0.2) is 0 Å². The van der Waals surface area contributed by atoms with Crippen molar-refractivity contribution in [3.05, 3.63) is 0 Å². The predicted molar refractivity (Wildman–Crippen MR) is 84.2 cm³/mol. The summed E-state index contributed by atoms with van der Waals surface area (Å²) in [6.45, 7) is 3.26. The summed E-state index contributed by atoms with van der Waals surface area (Å²) in [6.07, 6.45) is 4.10. The average Bonchev–Trinajstić information content (AvgIpc) is 3.25. The third-order valence-electron chi connectivity index (χ3n) is 4.88. The van der Waals surface area contributed by atoms with Gasteiger partial charge in [-0.3, -0.25) is 14.5 Å². The maximum atomic E-state index is 12.5. The van der Waals surface area contributed by atoms with Crippen LogP contribution in [0, 0.1) is 0 Å². The molecule has 1 aliphatic carbocycles. The van der Waals surface area contributed by atoms with Gasteiger partial charge in [0.15, 0.2) is 0 Å². The lowest BCUT2D eigenvalue weighted by Gasteiger charge is -2.21. The molecule has 2 heterocycles. The topological polar surface area (TPSA) is 97.0 Å². The molecule has 2 N–H and O–H groups in total. The SMILES string of the molecule is CC(COC1CCOC1)NC(=O)CN1C(=O)NC2(CCCC2)C1=O. The number of carbonyl (C=O) groups excluding carboxylic acids is 3. The van der Waals surface area contributed by atoms with Crippen LogP contribution < -0.4 is 10.6 Å². The molecular formula is C16H25N3O5. The minimum Gasteiger partial charge on any atom is -0.379 e. The highest BCUT2D eigenvalue weighted by atomic mass is 16.5. The summed E-state index contributed by atoms with van der Waals surface area (Å²) in [5.41, 5.74) is -0.769. The highest BCUT2D eigenvalue weighted by Crippen LogP contribution is 2.34. The molecule has 0 bridgehead atoms. The molecule has 2 saturated heterocycles. The number of carbonyl (C=O) groups is 3. The molecule has 0 radical (unpaired) electrons. The van der Waals surface area contributed by atoms with Crippen molar-refractivity contribution in [1.82, 2.24) is 15.5 Å². The lowest BCUT2D eigenvalue weighted by molar-refractivity contribution is -0.135. The molecule has 0 aromatic rings. The van der Waals surface area contributed by atoms with Crippen LogP contribution in [-0.2, 0) is 19.1 Å². The highest BCUT2D eigenvalue weighted by molar-refractivity contribution is 6.09. The molecule has 2 atom stereocenters. The molecule has 8 nitrogen and oxygen atoms in total. The van der Waals surface area contributed by atoms with Gasteiger partial charge >= 0.3 is 6.03 Å². The molecule has 2 unspecified atom stereocenters. The molecule has 3 rings (SSSR count). The van der Waals surface area contributed by atoms with E-state index in [2.05, 4.69) is 10.6 Å². The highest BCUT2D eigenvalue weighted by Gasteiger charge is 2.52. The summed E-state index contributed by atoms with van der Waals surface area (Å²) in [6, 6.07) is -0.664. The number of hydrogen-bond acceptors (Lipinski definition) is 5. The number of hydrogen-bond donors (Lipinski definition) is 2. The summed E-state index contributed by atoms with van der Waals surface area (Å²) >= 11 is 0. The van der Waals surface area contributed by atoms with Crippen LogP contribution in [0.2, 0.25) is 0 Å². The second-order valence-electron chi connectivity index (χ2n) is 6.90. The van der Waals surface area contributed by atoms with E-state index >= 15 is 0 Å². The summed E-state index contributed by atoms with van der Waals surface area (Å²) in [4.78, 5) is 37.7. The van der Waals surface area contributed by atoms with Gasteiger partial charge in [0.1, 0.15) is 12.1 Å². The van der Waals surface area contributed by atoms with E-state index in [0.29, 0.717) is 32.7 Å². The summed E-state index contributed by atoms with van der Waals surface area (Å²) in [7, 11) is 0. The Morgan fingerprint density at radius 3 is 2.88 bits per heavy atom. The van der Waals surface area contributed by atoms with E-state index in [0.717, 1.165) is 24.2 Å². The van der Waals surface area contributed by atoms with Crippen LogP contribution in [0.4, 0.5) is 4.79 Å². The van der Waals surface area contributed by atoms with Gasteiger partial charge in [-0.05, 0) is 26.2 Å². The van der Waals surface area contributed by atoms with Gasteiger partial charge in [-0.25, -0.2) is 4.79 Å². The quantitative estimate of drug-likeness (QED) is 0.672. The molecule has 8 heteroatoms. The predicted octanol–water partition coefficient (Wildman–Crippen LogP) is 0.161. The molecule has 1 saturated carbocycles. The van der Waals surface area contributed by atoms with Crippen LogP contribution in [-0.4, -0.2) is 66.8 Å². The lowest BCUT2D eigenvalue weighted by Crippen LogP contribution is -2.47. The number of nitrogens with zero attached hydrogens (tertiary/aromatic N) is 1. The van der Waals surface area contributed by atoms with Crippen molar-refractivity contribution in [3.63, 3.8) is 0 Å². The van der Waals surface area contributed by atoms with E-state index in [1.54, 1.807) is 0 Å². The summed E-state index contributed by atoms with van der Waals surface area (Å²) in [5, 5.41) is 5.54. The standard InChI is InChI=1S/C16H25N3O5/c1-11(9-24-12-4-7-23-10-12)17-13(20)8-19-14(21)16(18-15(19)22)5-2-3-6-16/h11-12H,2-10H2,1H3,(H,17,20)(H,18,22). The van der Waals surface area contributed by atoms with Crippen molar-refractivity contribution >= 4 is 17.8 Å². The summed E-state index contributed by atoms with van der Waals surface area (Å²) < 4.78 is 10.9. The first-order chi connectivity index (χ1) is 11.5. The fraction of sp³-hybridized carbons (Fsp3) is 0.812. The van der Waals surface area contributed by atoms with Gasteiger partial charge in [0.25, 0.3) is 5.91 Å². The number of rotatable bonds is 6.